The van der Waals surface area contributed by atoms with Crippen molar-refractivity contribution in [3.63, 3.8) is 0 Å². The molecule has 5 heteroatoms. The fourth-order valence-corrected chi connectivity index (χ4v) is 2.02. The highest BCUT2D eigenvalue weighted by Gasteiger charge is 2.11. The third-order valence-corrected chi connectivity index (χ3v) is 2.78. The van der Waals surface area contributed by atoms with Crippen LogP contribution < -0.4 is 5.73 Å². The molecule has 3 rings (SSSR count). The van der Waals surface area contributed by atoms with E-state index < -0.39 is 0 Å². The topological polar surface area (TPSA) is 80.5 Å². The van der Waals surface area contributed by atoms with E-state index in [2.05, 4.69) is 31.8 Å². The summed E-state index contributed by atoms with van der Waals surface area (Å²) in [5.74, 6) is 6.23. The monoisotopic (exact) mass is 249 g/mol. The Labute approximate surface area is 109 Å². The highest BCUT2D eigenvalue weighted by Crippen LogP contribution is 2.28. The SMILES string of the molecule is CC#Cc1ccnc2[nH]cc(-c3ccnc(N)n3)c12. The van der Waals surface area contributed by atoms with Crippen LogP contribution in [0.3, 0.4) is 0 Å². The number of aromatic amines is 1. The van der Waals surface area contributed by atoms with E-state index in [9.17, 15) is 0 Å². The summed E-state index contributed by atoms with van der Waals surface area (Å²) >= 11 is 0. The first-order chi connectivity index (χ1) is 9.29. The molecule has 0 saturated heterocycles. The van der Waals surface area contributed by atoms with Gasteiger partial charge in [0.1, 0.15) is 5.65 Å². The summed E-state index contributed by atoms with van der Waals surface area (Å²) in [6, 6.07) is 3.70. The normalized spacial score (nSPS) is 10.2. The molecule has 0 fully saturated rings. The lowest BCUT2D eigenvalue weighted by Gasteiger charge is -2.01. The van der Waals surface area contributed by atoms with Crippen LogP contribution in [0.15, 0.2) is 30.7 Å². The first kappa shape index (κ1) is 11.2. The summed E-state index contributed by atoms with van der Waals surface area (Å²) in [4.78, 5) is 15.6. The maximum Gasteiger partial charge on any atom is 0.220 e. The van der Waals surface area contributed by atoms with Crippen molar-refractivity contribution in [2.24, 2.45) is 0 Å². The lowest BCUT2D eigenvalue weighted by Crippen LogP contribution is -1.95. The fraction of sp³-hybridized carbons (Fsp3) is 0.0714. The number of anilines is 1. The van der Waals surface area contributed by atoms with Crippen LogP contribution in [0.25, 0.3) is 22.3 Å². The number of rotatable bonds is 1. The van der Waals surface area contributed by atoms with Gasteiger partial charge in [-0.2, -0.15) is 0 Å². The molecule has 3 aromatic rings. The van der Waals surface area contributed by atoms with Crippen LogP contribution >= 0.6 is 0 Å². The molecule has 0 atom stereocenters. The van der Waals surface area contributed by atoms with Gasteiger partial charge < -0.3 is 10.7 Å². The molecule has 3 aromatic heterocycles. The Morgan fingerprint density at radius 1 is 1.21 bits per heavy atom. The van der Waals surface area contributed by atoms with Crippen molar-refractivity contribution < 1.29 is 0 Å². The van der Waals surface area contributed by atoms with Crippen molar-refractivity contribution in [2.45, 2.75) is 6.92 Å². The van der Waals surface area contributed by atoms with Gasteiger partial charge >= 0.3 is 0 Å². The smallest absolute Gasteiger partial charge is 0.220 e. The molecule has 92 valence electrons. The van der Waals surface area contributed by atoms with Gasteiger partial charge in [-0.3, -0.25) is 0 Å². The Hall–Kier alpha value is -2.87. The zero-order chi connectivity index (χ0) is 13.2. The average molecular weight is 249 g/mol. The first-order valence-electron chi connectivity index (χ1n) is 5.77. The van der Waals surface area contributed by atoms with E-state index >= 15 is 0 Å². The van der Waals surface area contributed by atoms with E-state index in [1.165, 1.54) is 0 Å². The summed E-state index contributed by atoms with van der Waals surface area (Å²) in [6.45, 7) is 1.81. The molecule has 0 aliphatic heterocycles. The van der Waals surface area contributed by atoms with Gasteiger partial charge in [-0.05, 0) is 19.1 Å². The minimum Gasteiger partial charge on any atom is -0.368 e. The molecule has 5 nitrogen and oxygen atoms in total. The molecule has 3 heterocycles. The van der Waals surface area contributed by atoms with Crippen LogP contribution in [0.2, 0.25) is 0 Å². The second-order valence-electron chi connectivity index (χ2n) is 3.96. The molecule has 0 aliphatic carbocycles. The number of nitrogens with one attached hydrogen (secondary N) is 1. The van der Waals surface area contributed by atoms with Gasteiger partial charge in [0, 0.05) is 35.1 Å². The number of nitrogens with two attached hydrogens (primary N) is 1. The van der Waals surface area contributed by atoms with E-state index in [4.69, 9.17) is 5.73 Å². The Kier molecular flexibility index (Phi) is 2.62. The number of nitrogen functional groups attached to an aromatic ring is 1. The molecule has 0 radical (unpaired) electrons. The zero-order valence-corrected chi connectivity index (χ0v) is 10.3. The average Bonchev–Trinajstić information content (AvgIpc) is 2.84. The van der Waals surface area contributed by atoms with Crippen molar-refractivity contribution in [3.8, 4) is 23.1 Å². The third-order valence-electron chi connectivity index (χ3n) is 2.78. The third kappa shape index (κ3) is 1.89. The molecule has 0 saturated carbocycles. The molecular weight excluding hydrogens is 238 g/mol. The fourth-order valence-electron chi connectivity index (χ4n) is 2.02. The molecular formula is C14H11N5. The molecule has 0 aromatic carbocycles. The molecule has 0 unspecified atom stereocenters. The predicted octanol–water partition coefficient (Wildman–Crippen LogP) is 1.97. The van der Waals surface area contributed by atoms with Crippen molar-refractivity contribution >= 4 is 17.0 Å². The van der Waals surface area contributed by atoms with E-state index in [1.807, 2.05) is 18.3 Å². The lowest BCUT2D eigenvalue weighted by molar-refractivity contribution is 1.19. The van der Waals surface area contributed by atoms with Crippen LogP contribution in [0.1, 0.15) is 12.5 Å². The lowest BCUT2D eigenvalue weighted by atomic mass is 10.1. The van der Waals surface area contributed by atoms with Crippen molar-refractivity contribution in [3.05, 3.63) is 36.3 Å². The molecule has 0 bridgehead atoms. The maximum atomic E-state index is 5.63. The van der Waals surface area contributed by atoms with E-state index in [0.717, 1.165) is 27.9 Å². The maximum absolute atomic E-state index is 5.63. The standard InChI is InChI=1S/C14H11N5/c1-2-3-9-4-6-16-13-12(9)10(8-18-13)11-5-7-17-14(15)19-11/h4-8H,1H3,(H,16,18)(H2,15,17,19). The van der Waals surface area contributed by atoms with Gasteiger partial charge in [0.15, 0.2) is 0 Å². The summed E-state index contributed by atoms with van der Waals surface area (Å²) in [6.07, 6.45) is 5.23. The van der Waals surface area contributed by atoms with Crippen LogP contribution in [-0.2, 0) is 0 Å². The number of aromatic nitrogens is 4. The molecule has 0 amide bonds. The zero-order valence-electron chi connectivity index (χ0n) is 10.3. The van der Waals surface area contributed by atoms with Gasteiger partial charge in [-0.1, -0.05) is 5.92 Å². The molecule has 0 aliphatic rings. The van der Waals surface area contributed by atoms with Crippen molar-refractivity contribution in [1.82, 2.24) is 19.9 Å². The van der Waals surface area contributed by atoms with E-state index in [-0.39, 0.29) is 5.95 Å². The summed E-state index contributed by atoms with van der Waals surface area (Å²) in [5, 5.41) is 0.954. The van der Waals surface area contributed by atoms with Crippen molar-refractivity contribution in [2.75, 3.05) is 5.73 Å². The van der Waals surface area contributed by atoms with Crippen LogP contribution in [0.4, 0.5) is 5.95 Å². The summed E-state index contributed by atoms with van der Waals surface area (Å²) in [5.41, 5.74) is 9.01. The molecule has 0 spiro atoms. The second-order valence-corrected chi connectivity index (χ2v) is 3.96. The number of H-pyrrole nitrogens is 1. The Bertz CT molecular complexity index is 807. The highest BCUT2D eigenvalue weighted by molar-refractivity contribution is 5.96. The Balaban J connectivity index is 2.32. The number of pyridine rings is 1. The van der Waals surface area contributed by atoms with Gasteiger partial charge in [0.05, 0.1) is 5.69 Å². The largest absolute Gasteiger partial charge is 0.368 e. The Morgan fingerprint density at radius 2 is 2.05 bits per heavy atom. The number of fused-ring (bicyclic) bond motifs is 1. The predicted molar refractivity (Wildman–Crippen MR) is 74.1 cm³/mol. The number of hydrogen-bond donors (Lipinski definition) is 2. The van der Waals surface area contributed by atoms with Gasteiger partial charge in [-0.15, -0.1) is 5.92 Å². The van der Waals surface area contributed by atoms with Gasteiger partial charge in [-0.25, -0.2) is 15.0 Å². The van der Waals surface area contributed by atoms with E-state index in [1.54, 1.807) is 19.3 Å². The highest BCUT2D eigenvalue weighted by atomic mass is 15.0. The van der Waals surface area contributed by atoms with Gasteiger partial charge in [0.2, 0.25) is 5.95 Å². The minimum atomic E-state index is 0.249. The first-order valence-corrected chi connectivity index (χ1v) is 5.77. The molecule has 3 N–H and O–H groups in total. The van der Waals surface area contributed by atoms with Crippen molar-refractivity contribution in [1.29, 1.82) is 0 Å². The minimum absolute atomic E-state index is 0.249. The van der Waals surface area contributed by atoms with Crippen LogP contribution in [0.5, 0.6) is 0 Å². The molecule has 19 heavy (non-hydrogen) atoms. The van der Waals surface area contributed by atoms with Crippen LogP contribution in [-0.4, -0.2) is 19.9 Å². The van der Waals surface area contributed by atoms with E-state index in [0.29, 0.717) is 0 Å². The van der Waals surface area contributed by atoms with Crippen LogP contribution in [0, 0.1) is 11.8 Å². The quantitative estimate of drug-likeness (QED) is 0.646. The second kappa shape index (κ2) is 4.42. The Morgan fingerprint density at radius 3 is 2.84 bits per heavy atom. The summed E-state index contributed by atoms with van der Waals surface area (Å²) in [7, 11) is 0. The number of hydrogen-bond acceptors (Lipinski definition) is 4. The van der Waals surface area contributed by atoms with Gasteiger partial charge in [0.25, 0.3) is 0 Å². The summed E-state index contributed by atoms with van der Waals surface area (Å²) < 4.78 is 0. The number of nitrogens with zero attached hydrogens (tertiary/aromatic N) is 3.